The Bertz CT molecular complexity index is 590. The van der Waals surface area contributed by atoms with E-state index in [2.05, 4.69) is 13.8 Å². The molecule has 4 heteroatoms. The first kappa shape index (κ1) is 42.9. The van der Waals surface area contributed by atoms with Crippen LogP contribution in [0.5, 0.6) is 0 Å². The van der Waals surface area contributed by atoms with Gasteiger partial charge in [0.1, 0.15) is 6.10 Å². The van der Waals surface area contributed by atoms with Crippen LogP contribution in [0, 0.1) is 0 Å². The number of carbonyl (C=O) groups excluding carboxylic acids is 1. The third kappa shape index (κ3) is 35.4. The fourth-order valence-electron chi connectivity index (χ4n) is 6.36. The molecule has 0 amide bonds. The number of esters is 1. The van der Waals surface area contributed by atoms with E-state index >= 15 is 0 Å². The van der Waals surface area contributed by atoms with Crippen molar-refractivity contribution in [3.05, 3.63) is 0 Å². The molecular formula is C40H78O4. The van der Waals surface area contributed by atoms with Gasteiger partial charge in [0, 0.05) is 12.8 Å². The van der Waals surface area contributed by atoms with Crippen LogP contribution in [0.3, 0.4) is 0 Å². The zero-order chi connectivity index (χ0) is 32.2. The molecular weight excluding hydrogens is 544 g/mol. The molecule has 0 aromatic carbocycles. The van der Waals surface area contributed by atoms with Gasteiger partial charge in [0.25, 0.3) is 0 Å². The second kappa shape index (κ2) is 36.4. The summed E-state index contributed by atoms with van der Waals surface area (Å²) in [6.07, 6.45) is 42.7. The number of carbonyl (C=O) groups is 2. The van der Waals surface area contributed by atoms with Gasteiger partial charge in [0.2, 0.25) is 0 Å². The highest BCUT2D eigenvalue weighted by Crippen LogP contribution is 2.19. The smallest absolute Gasteiger partial charge is 0.306 e. The topological polar surface area (TPSA) is 63.6 Å². The van der Waals surface area contributed by atoms with Gasteiger partial charge in [-0.15, -0.1) is 0 Å². The van der Waals surface area contributed by atoms with E-state index < -0.39 is 5.97 Å². The van der Waals surface area contributed by atoms with Crippen LogP contribution in [0.15, 0.2) is 0 Å². The Labute approximate surface area is 275 Å². The molecule has 0 saturated heterocycles. The molecule has 0 rings (SSSR count). The van der Waals surface area contributed by atoms with E-state index in [1.54, 1.807) is 0 Å². The van der Waals surface area contributed by atoms with Crippen molar-refractivity contribution in [2.24, 2.45) is 0 Å². The standard InChI is InChI=1S/C40H78O4/c1-3-5-7-9-11-13-15-16-17-18-19-21-23-29-33-37-40(43)44-38(35-31-27-24-25-28-32-36-39(41)42)34-30-26-22-20-14-12-10-8-6-4-2/h38H,3-37H2,1-2H3,(H,41,42). The van der Waals surface area contributed by atoms with Gasteiger partial charge in [0.15, 0.2) is 0 Å². The Morgan fingerprint density at radius 3 is 1.00 bits per heavy atom. The van der Waals surface area contributed by atoms with Gasteiger partial charge in [-0.05, 0) is 38.5 Å². The highest BCUT2D eigenvalue weighted by molar-refractivity contribution is 5.69. The summed E-state index contributed by atoms with van der Waals surface area (Å²) in [5.74, 6) is -0.670. The van der Waals surface area contributed by atoms with Crippen molar-refractivity contribution >= 4 is 11.9 Å². The molecule has 4 nitrogen and oxygen atoms in total. The molecule has 0 aliphatic heterocycles. The minimum atomic E-state index is -0.689. The van der Waals surface area contributed by atoms with E-state index in [-0.39, 0.29) is 18.5 Å². The molecule has 0 aromatic rings. The quantitative estimate of drug-likeness (QED) is 0.0553. The monoisotopic (exact) mass is 623 g/mol. The fraction of sp³-hybridized carbons (Fsp3) is 0.950. The van der Waals surface area contributed by atoms with E-state index in [0.29, 0.717) is 6.42 Å². The Balaban J connectivity index is 3.97. The number of unbranched alkanes of at least 4 members (excludes halogenated alkanes) is 28. The van der Waals surface area contributed by atoms with Crippen molar-refractivity contribution in [3.8, 4) is 0 Å². The van der Waals surface area contributed by atoms with Crippen LogP contribution in [-0.2, 0) is 14.3 Å². The molecule has 0 aromatic heterocycles. The molecule has 0 saturated carbocycles. The lowest BCUT2D eigenvalue weighted by molar-refractivity contribution is -0.150. The van der Waals surface area contributed by atoms with Crippen molar-refractivity contribution in [1.29, 1.82) is 0 Å². The van der Waals surface area contributed by atoms with Crippen molar-refractivity contribution in [2.75, 3.05) is 0 Å². The van der Waals surface area contributed by atoms with Gasteiger partial charge >= 0.3 is 11.9 Å². The summed E-state index contributed by atoms with van der Waals surface area (Å²) >= 11 is 0. The first-order chi connectivity index (χ1) is 21.6. The van der Waals surface area contributed by atoms with Crippen LogP contribution in [0.1, 0.15) is 239 Å². The van der Waals surface area contributed by atoms with Crippen LogP contribution in [0.4, 0.5) is 0 Å². The maximum Gasteiger partial charge on any atom is 0.306 e. The molecule has 0 aliphatic carbocycles. The van der Waals surface area contributed by atoms with Crippen molar-refractivity contribution in [3.63, 3.8) is 0 Å². The van der Waals surface area contributed by atoms with E-state index in [9.17, 15) is 9.59 Å². The van der Waals surface area contributed by atoms with Crippen LogP contribution in [0.25, 0.3) is 0 Å². The highest BCUT2D eigenvalue weighted by Gasteiger charge is 2.14. The van der Waals surface area contributed by atoms with E-state index in [0.717, 1.165) is 64.2 Å². The third-order valence-corrected chi connectivity index (χ3v) is 9.33. The molecule has 44 heavy (non-hydrogen) atoms. The van der Waals surface area contributed by atoms with E-state index in [4.69, 9.17) is 9.84 Å². The largest absolute Gasteiger partial charge is 0.481 e. The number of rotatable bonds is 37. The summed E-state index contributed by atoms with van der Waals surface area (Å²) in [6, 6.07) is 0. The van der Waals surface area contributed by atoms with Gasteiger partial charge in [-0.2, -0.15) is 0 Å². The number of hydrogen-bond donors (Lipinski definition) is 1. The van der Waals surface area contributed by atoms with Crippen molar-refractivity contribution < 1.29 is 19.4 Å². The van der Waals surface area contributed by atoms with Crippen LogP contribution in [0.2, 0.25) is 0 Å². The Morgan fingerprint density at radius 2 is 0.682 bits per heavy atom. The van der Waals surface area contributed by atoms with Crippen molar-refractivity contribution in [1.82, 2.24) is 0 Å². The Morgan fingerprint density at radius 1 is 0.409 bits per heavy atom. The first-order valence-corrected chi connectivity index (χ1v) is 20.0. The number of carboxylic acid groups (broad SMARTS) is 1. The normalized spacial score (nSPS) is 12.0. The minimum absolute atomic E-state index is 0.0189. The summed E-state index contributed by atoms with van der Waals surface area (Å²) < 4.78 is 6.02. The molecule has 1 atom stereocenters. The maximum atomic E-state index is 12.7. The van der Waals surface area contributed by atoms with Gasteiger partial charge in [0.05, 0.1) is 0 Å². The number of carboxylic acids is 1. The second-order valence-electron chi connectivity index (χ2n) is 13.8. The van der Waals surface area contributed by atoms with Crippen LogP contribution < -0.4 is 0 Å². The molecule has 0 heterocycles. The summed E-state index contributed by atoms with van der Waals surface area (Å²) in [6.45, 7) is 4.56. The van der Waals surface area contributed by atoms with Crippen LogP contribution in [-0.4, -0.2) is 23.1 Å². The highest BCUT2D eigenvalue weighted by atomic mass is 16.5. The molecule has 0 radical (unpaired) electrons. The number of ether oxygens (including phenoxy) is 1. The second-order valence-corrected chi connectivity index (χ2v) is 13.8. The molecule has 1 N–H and O–H groups in total. The van der Waals surface area contributed by atoms with E-state index in [1.807, 2.05) is 0 Å². The lowest BCUT2D eigenvalue weighted by atomic mass is 10.0. The molecule has 0 bridgehead atoms. The minimum Gasteiger partial charge on any atom is -0.481 e. The lowest BCUT2D eigenvalue weighted by Crippen LogP contribution is -2.18. The predicted molar refractivity (Wildman–Crippen MR) is 190 cm³/mol. The summed E-state index contributed by atoms with van der Waals surface area (Å²) in [5, 5.41) is 8.78. The Kier molecular flexibility index (Phi) is 35.5. The van der Waals surface area contributed by atoms with Gasteiger partial charge < -0.3 is 9.84 Å². The van der Waals surface area contributed by atoms with Gasteiger partial charge in [-0.1, -0.05) is 187 Å². The molecule has 0 spiro atoms. The SMILES string of the molecule is CCCCCCCCCCCCCCCCCC(=O)OC(CCCCCCCCCCCC)CCCCCCCCC(=O)O. The summed E-state index contributed by atoms with van der Waals surface area (Å²) in [4.78, 5) is 23.3. The molecule has 0 fully saturated rings. The van der Waals surface area contributed by atoms with Crippen LogP contribution >= 0.6 is 0 Å². The molecule has 0 aliphatic rings. The summed E-state index contributed by atoms with van der Waals surface area (Å²) in [5.41, 5.74) is 0. The summed E-state index contributed by atoms with van der Waals surface area (Å²) in [7, 11) is 0. The number of aliphatic carboxylic acids is 1. The average Bonchev–Trinajstić information content (AvgIpc) is 3.01. The average molecular weight is 623 g/mol. The van der Waals surface area contributed by atoms with Gasteiger partial charge in [-0.3, -0.25) is 9.59 Å². The lowest BCUT2D eigenvalue weighted by Gasteiger charge is -2.18. The third-order valence-electron chi connectivity index (χ3n) is 9.33. The zero-order valence-electron chi connectivity index (χ0n) is 30.0. The van der Waals surface area contributed by atoms with E-state index in [1.165, 1.54) is 148 Å². The van der Waals surface area contributed by atoms with Gasteiger partial charge in [-0.25, -0.2) is 0 Å². The first-order valence-electron chi connectivity index (χ1n) is 20.0. The zero-order valence-corrected chi connectivity index (χ0v) is 30.0. The Hall–Kier alpha value is -1.06. The number of hydrogen-bond acceptors (Lipinski definition) is 3. The maximum absolute atomic E-state index is 12.7. The fourth-order valence-corrected chi connectivity index (χ4v) is 6.36. The van der Waals surface area contributed by atoms with Crippen molar-refractivity contribution in [2.45, 2.75) is 245 Å². The predicted octanol–water partition coefficient (Wildman–Crippen LogP) is 13.7. The molecule has 1 unspecified atom stereocenters. The molecule has 262 valence electrons.